The van der Waals surface area contributed by atoms with Crippen LogP contribution in [0.15, 0.2) is 59.1 Å². The van der Waals surface area contributed by atoms with Crippen LogP contribution in [-0.2, 0) is 16.0 Å². The quantitative estimate of drug-likeness (QED) is 0.534. The molecular formula is C23H22BrNO3. The van der Waals surface area contributed by atoms with Crippen LogP contribution in [0.5, 0.6) is 0 Å². The number of amides is 1. The first-order chi connectivity index (χ1) is 13.4. The highest BCUT2D eigenvalue weighted by molar-refractivity contribution is 9.10. The van der Waals surface area contributed by atoms with Gasteiger partial charge in [0.15, 0.2) is 0 Å². The van der Waals surface area contributed by atoms with E-state index in [1.807, 2.05) is 49.4 Å². The number of hydrogen-bond acceptors (Lipinski definition) is 3. The molecule has 144 valence electrons. The minimum Gasteiger partial charge on any atom is -0.465 e. The molecule has 1 aliphatic carbocycles. The molecule has 2 aliphatic rings. The predicted octanol–water partition coefficient (Wildman–Crippen LogP) is 5.06. The zero-order valence-corrected chi connectivity index (χ0v) is 17.3. The summed E-state index contributed by atoms with van der Waals surface area (Å²) < 4.78 is 6.25. The maximum Gasteiger partial charge on any atom is 0.313 e. The number of nitrogens with one attached hydrogen (secondary N) is 1. The number of rotatable bonds is 4. The molecule has 2 atom stereocenters. The van der Waals surface area contributed by atoms with Gasteiger partial charge in [0.2, 0.25) is 0 Å². The van der Waals surface area contributed by atoms with Gasteiger partial charge >= 0.3 is 5.97 Å². The molecule has 28 heavy (non-hydrogen) atoms. The third kappa shape index (κ3) is 3.39. The van der Waals surface area contributed by atoms with Gasteiger partial charge in [-0.25, -0.2) is 0 Å². The first kappa shape index (κ1) is 18.9. The fourth-order valence-electron chi connectivity index (χ4n) is 4.27. The molecule has 1 heterocycles. The van der Waals surface area contributed by atoms with Crippen molar-refractivity contribution < 1.29 is 14.3 Å². The Kier molecular flexibility index (Phi) is 4.88. The van der Waals surface area contributed by atoms with Crippen molar-refractivity contribution in [2.24, 2.45) is 11.3 Å². The Hall–Kier alpha value is -2.40. The molecule has 1 aliphatic heterocycles. The zero-order chi connectivity index (χ0) is 19.9. The topological polar surface area (TPSA) is 55.4 Å². The number of esters is 1. The van der Waals surface area contributed by atoms with Crippen LogP contribution in [0.4, 0.5) is 5.69 Å². The van der Waals surface area contributed by atoms with Crippen molar-refractivity contribution in [2.45, 2.75) is 26.2 Å². The molecule has 2 aromatic carbocycles. The molecule has 2 aromatic rings. The van der Waals surface area contributed by atoms with Gasteiger partial charge in [0.05, 0.1) is 12.0 Å². The predicted molar refractivity (Wildman–Crippen MR) is 112 cm³/mol. The standard InChI is InChI=1S/C23H22BrNO3/c1-14-9-18-13-28-22(27)23(18,11-14)12-16-4-7-19(8-5-16)25-21(26)17-6-3-15(2)20(24)10-17/h3-8,10,18H,1,9,11-13H2,2H3,(H,25,26). The normalized spacial score (nSPS) is 23.4. The van der Waals surface area contributed by atoms with E-state index in [4.69, 9.17) is 4.74 Å². The minimum atomic E-state index is -0.462. The number of halogens is 1. The smallest absolute Gasteiger partial charge is 0.313 e. The summed E-state index contributed by atoms with van der Waals surface area (Å²) in [5, 5.41) is 2.92. The molecule has 1 amide bonds. The van der Waals surface area contributed by atoms with Crippen LogP contribution in [0.25, 0.3) is 0 Å². The fraction of sp³-hybridized carbons (Fsp3) is 0.304. The molecule has 2 unspecified atom stereocenters. The van der Waals surface area contributed by atoms with Crippen molar-refractivity contribution in [3.8, 4) is 0 Å². The maximum absolute atomic E-state index is 12.5. The third-order valence-electron chi connectivity index (χ3n) is 5.87. The second-order valence-electron chi connectivity index (χ2n) is 7.87. The highest BCUT2D eigenvalue weighted by atomic mass is 79.9. The summed E-state index contributed by atoms with van der Waals surface area (Å²) in [7, 11) is 0. The lowest BCUT2D eigenvalue weighted by molar-refractivity contribution is -0.146. The summed E-state index contributed by atoms with van der Waals surface area (Å²) in [6.45, 7) is 6.56. The molecule has 5 heteroatoms. The van der Waals surface area contributed by atoms with Gasteiger partial charge < -0.3 is 10.1 Å². The van der Waals surface area contributed by atoms with Crippen LogP contribution < -0.4 is 5.32 Å². The maximum atomic E-state index is 12.5. The first-order valence-electron chi connectivity index (χ1n) is 9.38. The number of benzene rings is 2. The monoisotopic (exact) mass is 439 g/mol. The number of aryl methyl sites for hydroxylation is 1. The average Bonchev–Trinajstić information content (AvgIpc) is 3.13. The van der Waals surface area contributed by atoms with Gasteiger partial charge in [-0.15, -0.1) is 0 Å². The second-order valence-corrected chi connectivity index (χ2v) is 8.73. The molecule has 0 radical (unpaired) electrons. The molecule has 0 bridgehead atoms. The Labute approximate surface area is 173 Å². The number of carbonyl (C=O) groups is 2. The highest BCUT2D eigenvalue weighted by Gasteiger charge is 2.55. The van der Waals surface area contributed by atoms with Gasteiger partial charge in [-0.3, -0.25) is 9.59 Å². The Bertz CT molecular complexity index is 966. The summed E-state index contributed by atoms with van der Waals surface area (Å²) in [6.07, 6.45) is 2.22. The van der Waals surface area contributed by atoms with E-state index in [-0.39, 0.29) is 17.8 Å². The van der Waals surface area contributed by atoms with E-state index in [1.165, 1.54) is 0 Å². The van der Waals surface area contributed by atoms with Crippen molar-refractivity contribution in [1.29, 1.82) is 0 Å². The summed E-state index contributed by atoms with van der Waals surface area (Å²) in [5.41, 5.74) is 4.14. The van der Waals surface area contributed by atoms with Crippen LogP contribution in [-0.4, -0.2) is 18.5 Å². The molecule has 1 N–H and O–H groups in total. The lowest BCUT2D eigenvalue weighted by Gasteiger charge is -2.24. The molecule has 0 aromatic heterocycles. The van der Waals surface area contributed by atoms with Gasteiger partial charge in [-0.1, -0.05) is 46.3 Å². The van der Waals surface area contributed by atoms with Crippen molar-refractivity contribution in [2.75, 3.05) is 11.9 Å². The number of ether oxygens (including phenoxy) is 1. The van der Waals surface area contributed by atoms with E-state index < -0.39 is 5.41 Å². The van der Waals surface area contributed by atoms with Crippen LogP contribution in [0.1, 0.15) is 34.3 Å². The average molecular weight is 440 g/mol. The van der Waals surface area contributed by atoms with E-state index in [9.17, 15) is 9.59 Å². The number of allylic oxidation sites excluding steroid dienone is 1. The second kappa shape index (κ2) is 7.21. The van der Waals surface area contributed by atoms with Crippen molar-refractivity contribution in [1.82, 2.24) is 0 Å². The van der Waals surface area contributed by atoms with Crippen molar-refractivity contribution in [3.63, 3.8) is 0 Å². The number of hydrogen-bond donors (Lipinski definition) is 1. The van der Waals surface area contributed by atoms with E-state index >= 15 is 0 Å². The van der Waals surface area contributed by atoms with Crippen LogP contribution in [0.3, 0.4) is 0 Å². The third-order valence-corrected chi connectivity index (χ3v) is 6.72. The number of fused-ring (bicyclic) bond motifs is 1. The van der Waals surface area contributed by atoms with E-state index in [2.05, 4.69) is 27.8 Å². The fourth-order valence-corrected chi connectivity index (χ4v) is 4.65. The Morgan fingerprint density at radius 1 is 1.29 bits per heavy atom. The van der Waals surface area contributed by atoms with Crippen LogP contribution in [0.2, 0.25) is 0 Å². The van der Waals surface area contributed by atoms with Crippen molar-refractivity contribution >= 4 is 33.5 Å². The Morgan fingerprint density at radius 3 is 2.75 bits per heavy atom. The van der Waals surface area contributed by atoms with Gasteiger partial charge in [-0.2, -0.15) is 0 Å². The molecule has 2 fully saturated rings. The zero-order valence-electron chi connectivity index (χ0n) is 15.8. The molecular weight excluding hydrogens is 418 g/mol. The van der Waals surface area contributed by atoms with Gasteiger partial charge in [0.1, 0.15) is 0 Å². The lowest BCUT2D eigenvalue weighted by Crippen LogP contribution is -2.31. The summed E-state index contributed by atoms with van der Waals surface area (Å²) in [6, 6.07) is 13.2. The Balaban J connectivity index is 1.47. The minimum absolute atomic E-state index is 0.0986. The van der Waals surface area contributed by atoms with Gasteiger partial charge in [0, 0.05) is 21.6 Å². The van der Waals surface area contributed by atoms with E-state index in [1.54, 1.807) is 0 Å². The largest absolute Gasteiger partial charge is 0.465 e. The van der Waals surface area contributed by atoms with Crippen molar-refractivity contribution in [3.05, 3.63) is 75.8 Å². The summed E-state index contributed by atoms with van der Waals surface area (Å²) in [5.74, 6) is -0.0242. The summed E-state index contributed by atoms with van der Waals surface area (Å²) in [4.78, 5) is 24.9. The Morgan fingerprint density at radius 2 is 2.04 bits per heavy atom. The van der Waals surface area contributed by atoms with E-state index in [0.29, 0.717) is 25.0 Å². The lowest BCUT2D eigenvalue weighted by atomic mass is 9.75. The number of cyclic esters (lactones) is 1. The number of carbonyl (C=O) groups excluding carboxylic acids is 2. The number of anilines is 1. The summed E-state index contributed by atoms with van der Waals surface area (Å²) >= 11 is 3.46. The molecule has 1 saturated carbocycles. The van der Waals surface area contributed by atoms with Crippen LogP contribution in [0, 0.1) is 18.3 Å². The van der Waals surface area contributed by atoms with Gasteiger partial charge in [-0.05, 0) is 61.6 Å². The first-order valence-corrected chi connectivity index (χ1v) is 10.2. The molecule has 4 rings (SSSR count). The SMILES string of the molecule is C=C1CC2COC(=O)C2(Cc2ccc(NC(=O)c3ccc(C)c(Br)c3)cc2)C1. The van der Waals surface area contributed by atoms with Gasteiger partial charge in [0.25, 0.3) is 5.91 Å². The molecule has 0 spiro atoms. The highest BCUT2D eigenvalue weighted by Crippen LogP contribution is 2.52. The van der Waals surface area contributed by atoms with E-state index in [0.717, 1.165) is 33.3 Å². The molecule has 1 saturated heterocycles. The van der Waals surface area contributed by atoms with Crippen LogP contribution >= 0.6 is 15.9 Å². The molecule has 4 nitrogen and oxygen atoms in total.